The number of aromatic nitrogens is 5. The number of nitrogens with zero attached hydrogens (tertiary/aromatic N) is 7. The van der Waals surface area contributed by atoms with Gasteiger partial charge in [-0.15, -0.1) is 0 Å². The standard InChI is InChI=1S/C46H47FN8O6/c1-26-20-34(21-27(2)38(26)47)54-40(56)35-12-15-52(29(4)39(35)48-43(54)53-17-16-51(45(53)59)25-30-8-6-5-7-9-30)41(57)37-23-33-22-32(31-13-18-60-19-14-31)10-11-36(33)55(37)46(24-28(46)3)42-49-44(58)61-50-42/h5-11,20-23,28-29,31H,12-19,24-25H2,1-4H3,(H,49,50,58)/t28-,29+,46-/m0/s1. The van der Waals surface area contributed by atoms with E-state index in [1.54, 1.807) is 35.8 Å². The molecule has 3 aliphatic heterocycles. The van der Waals surface area contributed by atoms with Gasteiger partial charge in [0.05, 0.1) is 17.4 Å². The van der Waals surface area contributed by atoms with Gasteiger partial charge in [0.25, 0.3) is 11.5 Å². The van der Waals surface area contributed by atoms with E-state index in [0.717, 1.165) is 29.3 Å². The fourth-order valence-corrected chi connectivity index (χ4v) is 10.0. The fourth-order valence-electron chi connectivity index (χ4n) is 10.0. The lowest BCUT2D eigenvalue weighted by Crippen LogP contribution is -2.45. The Balaban J connectivity index is 1.08. The molecule has 1 aliphatic carbocycles. The highest BCUT2D eigenvalue weighted by molar-refractivity contribution is 6.00. The molecule has 0 radical (unpaired) electrons. The molecule has 3 atom stereocenters. The molecule has 0 bridgehead atoms. The Bertz CT molecular complexity index is 2840. The van der Waals surface area contributed by atoms with Gasteiger partial charge in [0, 0.05) is 55.9 Å². The number of hydrogen-bond acceptors (Lipinski definition) is 8. The number of anilines is 1. The minimum atomic E-state index is -0.831. The van der Waals surface area contributed by atoms with E-state index in [0.29, 0.717) is 78.2 Å². The number of H-pyrrole nitrogens is 1. The van der Waals surface area contributed by atoms with Crippen molar-refractivity contribution in [3.63, 3.8) is 0 Å². The van der Waals surface area contributed by atoms with Crippen LogP contribution in [-0.4, -0.2) is 78.8 Å². The van der Waals surface area contributed by atoms with Gasteiger partial charge >= 0.3 is 11.8 Å². The Morgan fingerprint density at radius 3 is 2.38 bits per heavy atom. The van der Waals surface area contributed by atoms with Crippen molar-refractivity contribution < 1.29 is 23.2 Å². The third-order valence-electron chi connectivity index (χ3n) is 13.4. The normalized spacial score (nSPS) is 21.7. The molecule has 10 rings (SSSR count). The summed E-state index contributed by atoms with van der Waals surface area (Å²) in [4.78, 5) is 69.6. The average molecular weight is 827 g/mol. The average Bonchev–Trinajstić information content (AvgIpc) is 3.56. The van der Waals surface area contributed by atoms with Crippen molar-refractivity contribution in [1.82, 2.24) is 34.1 Å². The Kier molecular flexibility index (Phi) is 9.34. The molecule has 314 valence electrons. The van der Waals surface area contributed by atoms with E-state index in [9.17, 15) is 18.8 Å². The highest BCUT2D eigenvalue weighted by Crippen LogP contribution is 2.56. The minimum Gasteiger partial charge on any atom is -0.381 e. The molecule has 14 nitrogen and oxygen atoms in total. The summed E-state index contributed by atoms with van der Waals surface area (Å²) in [5.74, 6) is -0.476. The van der Waals surface area contributed by atoms with Crippen LogP contribution in [0.5, 0.6) is 0 Å². The van der Waals surface area contributed by atoms with Gasteiger partial charge in [-0.25, -0.2) is 23.5 Å². The molecule has 3 aromatic heterocycles. The zero-order chi connectivity index (χ0) is 42.3. The molecule has 0 spiro atoms. The van der Waals surface area contributed by atoms with Crippen molar-refractivity contribution >= 4 is 28.8 Å². The minimum absolute atomic E-state index is 0.0194. The second kappa shape index (κ2) is 14.7. The zero-order valence-corrected chi connectivity index (χ0v) is 34.6. The van der Waals surface area contributed by atoms with Gasteiger partial charge in [-0.2, -0.15) is 0 Å². The molecule has 0 unspecified atom stereocenters. The van der Waals surface area contributed by atoms with Crippen molar-refractivity contribution in [2.45, 2.75) is 77.4 Å². The summed E-state index contributed by atoms with van der Waals surface area (Å²) >= 11 is 0. The number of aromatic amines is 1. The number of rotatable bonds is 8. The van der Waals surface area contributed by atoms with Crippen molar-refractivity contribution in [3.05, 3.63) is 138 Å². The molecule has 2 saturated heterocycles. The van der Waals surface area contributed by atoms with E-state index in [4.69, 9.17) is 14.2 Å². The van der Waals surface area contributed by atoms with E-state index < -0.39 is 17.3 Å². The lowest BCUT2D eigenvalue weighted by Gasteiger charge is -2.36. The van der Waals surface area contributed by atoms with Crippen LogP contribution in [0.3, 0.4) is 0 Å². The lowest BCUT2D eigenvalue weighted by atomic mass is 9.91. The Morgan fingerprint density at radius 2 is 1.69 bits per heavy atom. The van der Waals surface area contributed by atoms with E-state index in [1.165, 1.54) is 15.0 Å². The van der Waals surface area contributed by atoms with E-state index in [1.807, 2.05) is 47.9 Å². The number of halogens is 1. The molecule has 3 amide bonds. The summed E-state index contributed by atoms with van der Waals surface area (Å²) in [5, 5.41) is 5.04. The predicted molar refractivity (Wildman–Crippen MR) is 225 cm³/mol. The highest BCUT2D eigenvalue weighted by Gasteiger charge is 2.59. The van der Waals surface area contributed by atoms with Gasteiger partial charge < -0.3 is 19.1 Å². The maximum atomic E-state index is 15.3. The lowest BCUT2D eigenvalue weighted by molar-refractivity contribution is 0.0658. The first kappa shape index (κ1) is 38.8. The molecule has 4 aliphatic rings. The van der Waals surface area contributed by atoms with E-state index in [2.05, 4.69) is 35.3 Å². The first-order valence-corrected chi connectivity index (χ1v) is 21.1. The molecule has 3 fully saturated rings. The number of aryl methyl sites for hydroxylation is 2. The highest BCUT2D eigenvalue weighted by atomic mass is 19.1. The van der Waals surface area contributed by atoms with Crippen LogP contribution < -0.4 is 16.2 Å². The first-order valence-electron chi connectivity index (χ1n) is 21.1. The van der Waals surface area contributed by atoms with Gasteiger partial charge in [-0.05, 0) is 111 Å². The number of carbonyl (C=O) groups excluding carboxylic acids is 2. The number of amides is 3. The first-order chi connectivity index (χ1) is 29.4. The molecular weight excluding hydrogens is 780 g/mol. The monoisotopic (exact) mass is 826 g/mol. The second-order valence-corrected chi connectivity index (χ2v) is 17.1. The Hall–Kier alpha value is -6.35. The van der Waals surface area contributed by atoms with Crippen LogP contribution in [0.4, 0.5) is 15.1 Å². The summed E-state index contributed by atoms with van der Waals surface area (Å²) in [5.41, 5.74) is 4.17. The topological polar surface area (TPSA) is 152 Å². The summed E-state index contributed by atoms with van der Waals surface area (Å²) in [6.45, 7) is 9.88. The Labute approximate surface area is 350 Å². The number of urea groups is 1. The predicted octanol–water partition coefficient (Wildman–Crippen LogP) is 6.50. The molecule has 1 saturated carbocycles. The zero-order valence-electron chi connectivity index (χ0n) is 34.6. The van der Waals surface area contributed by atoms with Gasteiger partial charge in [-0.3, -0.25) is 24.0 Å². The molecule has 15 heteroatoms. The summed E-state index contributed by atoms with van der Waals surface area (Å²) in [6.07, 6.45) is 2.65. The van der Waals surface area contributed by atoms with Gasteiger partial charge in [-0.1, -0.05) is 48.5 Å². The SMILES string of the molecule is Cc1cc(-n2c(N3CCN(Cc4ccccc4)C3=O)nc3c(c2=O)CCN(C(=O)c2cc4cc(C5CCOCC5)ccc4n2[C@@]2(c4noc(=O)[nH]4)C[C@@H]2C)[C@@H]3C)cc(C)c1F. The van der Waals surface area contributed by atoms with Crippen molar-refractivity contribution in [2.24, 2.45) is 5.92 Å². The smallest absolute Gasteiger partial charge is 0.381 e. The quantitative estimate of drug-likeness (QED) is 0.183. The van der Waals surface area contributed by atoms with E-state index >= 15 is 4.79 Å². The maximum Gasteiger partial charge on any atom is 0.438 e. The number of fused-ring (bicyclic) bond motifs is 2. The van der Waals surface area contributed by atoms with Crippen LogP contribution in [0.1, 0.15) is 94.9 Å². The third-order valence-corrected chi connectivity index (χ3v) is 13.4. The van der Waals surface area contributed by atoms with Crippen LogP contribution in [0.2, 0.25) is 0 Å². The second-order valence-electron chi connectivity index (χ2n) is 17.1. The van der Waals surface area contributed by atoms with Crippen LogP contribution in [0.15, 0.2) is 80.8 Å². The number of ether oxygens (including phenoxy) is 1. The summed E-state index contributed by atoms with van der Waals surface area (Å²) in [7, 11) is 0. The number of benzene rings is 3. The number of hydrogen-bond donors (Lipinski definition) is 1. The van der Waals surface area contributed by atoms with Gasteiger partial charge in [0.2, 0.25) is 5.95 Å². The van der Waals surface area contributed by atoms with E-state index in [-0.39, 0.29) is 54.7 Å². The molecule has 3 aromatic carbocycles. The van der Waals surface area contributed by atoms with Gasteiger partial charge in [0.15, 0.2) is 5.82 Å². The number of nitrogens with one attached hydrogen (secondary N) is 1. The largest absolute Gasteiger partial charge is 0.438 e. The van der Waals surface area contributed by atoms with Crippen molar-refractivity contribution in [3.8, 4) is 5.69 Å². The Morgan fingerprint density at radius 1 is 0.951 bits per heavy atom. The van der Waals surface area contributed by atoms with Crippen LogP contribution in [0, 0.1) is 25.6 Å². The van der Waals surface area contributed by atoms with Crippen LogP contribution in [0.25, 0.3) is 16.6 Å². The molecule has 61 heavy (non-hydrogen) atoms. The van der Waals surface area contributed by atoms with Gasteiger partial charge in [0.1, 0.15) is 17.1 Å². The molecule has 1 N–H and O–H groups in total. The maximum absolute atomic E-state index is 15.3. The van der Waals surface area contributed by atoms with Crippen molar-refractivity contribution in [1.29, 1.82) is 0 Å². The molecular formula is C46H47FN8O6. The molecule has 6 heterocycles. The van der Waals surface area contributed by atoms with Crippen LogP contribution in [-0.2, 0) is 23.2 Å². The summed E-state index contributed by atoms with van der Waals surface area (Å²) < 4.78 is 29.1. The number of carbonyl (C=O) groups is 2. The van der Waals surface area contributed by atoms with Crippen LogP contribution >= 0.6 is 0 Å². The fraction of sp³-hybridized carbons (Fsp3) is 0.391. The molecule has 6 aromatic rings. The summed E-state index contributed by atoms with van der Waals surface area (Å²) in [6, 6.07) is 20.2. The van der Waals surface area contributed by atoms with Crippen molar-refractivity contribution in [2.75, 3.05) is 37.7 Å². The third kappa shape index (κ3) is 6.31.